The number of anilines is 1. The molecule has 0 spiro atoms. The van der Waals surface area contributed by atoms with E-state index in [1.54, 1.807) is 36.4 Å². The molecule has 2 amide bonds. The van der Waals surface area contributed by atoms with Crippen LogP contribution >= 0.6 is 31.9 Å². The molecule has 0 bridgehead atoms. The normalized spacial score (nSPS) is 11.8. The van der Waals surface area contributed by atoms with E-state index in [9.17, 15) is 18.0 Å². The maximum atomic E-state index is 14.4. The van der Waals surface area contributed by atoms with Gasteiger partial charge in [-0.3, -0.25) is 13.9 Å². The van der Waals surface area contributed by atoms with E-state index in [1.165, 1.54) is 24.1 Å². The minimum Gasteiger partial charge on any atom is -0.494 e. The quantitative estimate of drug-likeness (QED) is 0.176. The molecule has 0 aromatic heterocycles. The van der Waals surface area contributed by atoms with Crippen molar-refractivity contribution in [3.8, 4) is 5.75 Å². The van der Waals surface area contributed by atoms with Crippen LogP contribution in [0.1, 0.15) is 18.1 Å². The summed E-state index contributed by atoms with van der Waals surface area (Å²) in [7, 11) is -2.68. The third kappa shape index (κ3) is 8.49. The number of ether oxygens (including phenoxy) is 1. The van der Waals surface area contributed by atoms with Gasteiger partial charge in [-0.05, 0) is 78.7 Å². The second kappa shape index (κ2) is 15.4. The average Bonchev–Trinajstić information content (AvgIpc) is 3.02. The lowest BCUT2D eigenvalue weighted by Gasteiger charge is -2.33. The summed E-state index contributed by atoms with van der Waals surface area (Å²) in [6.07, 6.45) is 0.239. The summed E-state index contributed by atoms with van der Waals surface area (Å²) in [6, 6.07) is 28.7. The molecule has 0 saturated carbocycles. The van der Waals surface area contributed by atoms with Gasteiger partial charge >= 0.3 is 0 Å². The van der Waals surface area contributed by atoms with Gasteiger partial charge in [0, 0.05) is 29.0 Å². The first-order chi connectivity index (χ1) is 21.1. The lowest BCUT2D eigenvalue weighted by Crippen LogP contribution is -2.53. The van der Waals surface area contributed by atoms with E-state index in [-0.39, 0.29) is 29.5 Å². The maximum absolute atomic E-state index is 14.4. The lowest BCUT2D eigenvalue weighted by molar-refractivity contribution is -0.139. The Hall–Kier alpha value is -3.67. The van der Waals surface area contributed by atoms with Crippen LogP contribution in [-0.2, 0) is 32.6 Å². The number of carbonyl (C=O) groups excluding carboxylic acids is 2. The van der Waals surface area contributed by atoms with Crippen molar-refractivity contribution in [1.82, 2.24) is 10.2 Å². The van der Waals surface area contributed by atoms with Crippen molar-refractivity contribution in [3.63, 3.8) is 0 Å². The number of likely N-dealkylation sites (N-methyl/N-ethyl adjacent to an activating group) is 1. The molecule has 0 aliphatic rings. The van der Waals surface area contributed by atoms with Crippen molar-refractivity contribution in [2.75, 3.05) is 24.5 Å². The maximum Gasteiger partial charge on any atom is 0.264 e. The fourth-order valence-corrected chi connectivity index (χ4v) is 6.82. The van der Waals surface area contributed by atoms with E-state index in [2.05, 4.69) is 37.2 Å². The van der Waals surface area contributed by atoms with Crippen molar-refractivity contribution >= 4 is 59.4 Å². The smallest absolute Gasteiger partial charge is 0.264 e. The number of nitrogens with zero attached hydrogens (tertiary/aromatic N) is 2. The Kier molecular flexibility index (Phi) is 11.6. The van der Waals surface area contributed by atoms with E-state index in [1.807, 2.05) is 61.5 Å². The molecular formula is C33H33Br2N3O5S. The molecule has 0 aliphatic carbocycles. The molecule has 4 rings (SSSR count). The molecule has 1 atom stereocenters. The second-order valence-corrected chi connectivity index (χ2v) is 13.6. The van der Waals surface area contributed by atoms with Crippen molar-refractivity contribution in [2.24, 2.45) is 0 Å². The van der Waals surface area contributed by atoms with E-state index in [0.29, 0.717) is 12.4 Å². The summed E-state index contributed by atoms with van der Waals surface area (Å²) in [5.41, 5.74) is 1.92. The predicted octanol–water partition coefficient (Wildman–Crippen LogP) is 6.19. The zero-order valence-corrected chi connectivity index (χ0v) is 28.3. The number of rotatable bonds is 13. The zero-order valence-electron chi connectivity index (χ0n) is 24.3. The fourth-order valence-electron chi connectivity index (χ4n) is 4.69. The van der Waals surface area contributed by atoms with Crippen LogP contribution in [0.5, 0.6) is 5.75 Å². The van der Waals surface area contributed by atoms with Gasteiger partial charge in [0.2, 0.25) is 11.8 Å². The molecule has 0 aliphatic heterocycles. The monoisotopic (exact) mass is 741 g/mol. The van der Waals surface area contributed by atoms with Crippen LogP contribution in [0.4, 0.5) is 5.69 Å². The standard InChI is InChI=1S/C33H33Br2N3O5S/c1-3-43-29-16-14-28(15-17-29)38(44(41,42)30-18-12-26(34)13-19-30)23-32(39)37(22-25-10-7-11-27(35)20-25)31(33(40)36-2)21-24-8-5-4-6-9-24/h4-20,31H,3,21-23H2,1-2H3,(H,36,40)/t31-/m0/s1. The highest BCUT2D eigenvalue weighted by atomic mass is 79.9. The van der Waals surface area contributed by atoms with Crippen LogP contribution in [0.15, 0.2) is 117 Å². The summed E-state index contributed by atoms with van der Waals surface area (Å²) in [6.45, 7) is 1.85. The molecule has 8 nitrogen and oxygen atoms in total. The van der Waals surface area contributed by atoms with E-state index >= 15 is 0 Å². The molecular weight excluding hydrogens is 710 g/mol. The van der Waals surface area contributed by atoms with Crippen LogP contribution in [0.3, 0.4) is 0 Å². The fraction of sp³-hybridized carbons (Fsp3) is 0.212. The highest BCUT2D eigenvalue weighted by Gasteiger charge is 2.34. The van der Waals surface area contributed by atoms with Gasteiger partial charge in [0.1, 0.15) is 18.3 Å². The van der Waals surface area contributed by atoms with Crippen LogP contribution < -0.4 is 14.4 Å². The van der Waals surface area contributed by atoms with E-state index in [0.717, 1.165) is 24.4 Å². The molecule has 0 fully saturated rings. The summed E-state index contributed by atoms with van der Waals surface area (Å²) in [5, 5.41) is 2.69. The third-order valence-corrected chi connectivity index (χ3v) is 9.69. The average molecular weight is 744 g/mol. The van der Waals surface area contributed by atoms with Crippen molar-refractivity contribution in [3.05, 3.63) is 123 Å². The largest absolute Gasteiger partial charge is 0.494 e. The molecule has 0 heterocycles. The van der Waals surface area contributed by atoms with Crippen LogP contribution in [-0.4, -0.2) is 51.4 Å². The number of nitrogens with one attached hydrogen (secondary N) is 1. The van der Waals surface area contributed by atoms with Crippen LogP contribution in [0.25, 0.3) is 0 Å². The molecule has 0 radical (unpaired) electrons. The Bertz CT molecular complexity index is 1670. The minimum atomic E-state index is -4.20. The Morgan fingerprint density at radius 2 is 1.50 bits per heavy atom. The van der Waals surface area contributed by atoms with Crippen LogP contribution in [0, 0.1) is 0 Å². The summed E-state index contributed by atoms with van der Waals surface area (Å²) >= 11 is 6.84. The SMILES string of the molecule is CCOc1ccc(N(CC(=O)N(Cc2cccc(Br)c2)[C@@H](Cc2ccccc2)C(=O)NC)S(=O)(=O)c2ccc(Br)cc2)cc1. The Balaban J connectivity index is 1.78. The molecule has 11 heteroatoms. The highest BCUT2D eigenvalue weighted by Crippen LogP contribution is 2.28. The number of hydrogen-bond acceptors (Lipinski definition) is 5. The number of amides is 2. The highest BCUT2D eigenvalue weighted by molar-refractivity contribution is 9.10. The molecule has 4 aromatic carbocycles. The van der Waals surface area contributed by atoms with Crippen molar-refractivity contribution in [1.29, 1.82) is 0 Å². The first-order valence-electron chi connectivity index (χ1n) is 13.9. The second-order valence-electron chi connectivity index (χ2n) is 9.86. The number of benzene rings is 4. The lowest BCUT2D eigenvalue weighted by atomic mass is 10.0. The van der Waals surface area contributed by atoms with E-state index in [4.69, 9.17) is 4.74 Å². The summed E-state index contributed by atoms with van der Waals surface area (Å²) in [5.74, 6) is -0.327. The Morgan fingerprint density at radius 1 is 0.841 bits per heavy atom. The summed E-state index contributed by atoms with van der Waals surface area (Å²) in [4.78, 5) is 29.2. The van der Waals surface area contributed by atoms with Crippen molar-refractivity contribution in [2.45, 2.75) is 30.8 Å². The number of hydrogen-bond donors (Lipinski definition) is 1. The number of halogens is 2. The molecule has 1 N–H and O–H groups in total. The molecule has 0 saturated heterocycles. The molecule has 44 heavy (non-hydrogen) atoms. The van der Waals surface area contributed by atoms with Gasteiger partial charge in [-0.15, -0.1) is 0 Å². The first-order valence-corrected chi connectivity index (χ1v) is 17.0. The minimum absolute atomic E-state index is 0.0214. The van der Waals surface area contributed by atoms with Gasteiger partial charge in [0.25, 0.3) is 10.0 Å². The zero-order chi connectivity index (χ0) is 31.7. The predicted molar refractivity (Wildman–Crippen MR) is 179 cm³/mol. The van der Waals surface area contributed by atoms with Gasteiger partial charge in [0.05, 0.1) is 17.2 Å². The van der Waals surface area contributed by atoms with Gasteiger partial charge in [-0.2, -0.15) is 0 Å². The topological polar surface area (TPSA) is 96.0 Å². The van der Waals surface area contributed by atoms with Gasteiger partial charge in [-0.1, -0.05) is 74.3 Å². The van der Waals surface area contributed by atoms with Crippen molar-refractivity contribution < 1.29 is 22.7 Å². The molecule has 0 unspecified atom stereocenters. The molecule has 230 valence electrons. The Morgan fingerprint density at radius 3 is 2.11 bits per heavy atom. The number of carbonyl (C=O) groups is 2. The van der Waals surface area contributed by atoms with Gasteiger partial charge in [0.15, 0.2) is 0 Å². The summed E-state index contributed by atoms with van der Waals surface area (Å²) < 4.78 is 36.3. The van der Waals surface area contributed by atoms with Crippen LogP contribution in [0.2, 0.25) is 0 Å². The number of sulfonamides is 1. The van der Waals surface area contributed by atoms with Gasteiger partial charge < -0.3 is 15.0 Å². The Labute approximate surface area is 275 Å². The first kappa shape index (κ1) is 33.2. The third-order valence-electron chi connectivity index (χ3n) is 6.88. The van der Waals surface area contributed by atoms with Gasteiger partial charge in [-0.25, -0.2) is 8.42 Å². The van der Waals surface area contributed by atoms with E-state index < -0.39 is 28.5 Å². The molecule has 4 aromatic rings.